The van der Waals surface area contributed by atoms with Gasteiger partial charge in [0.25, 0.3) is 0 Å². The molecule has 1 fully saturated rings. The molecular formula is C10H13NOS. The minimum Gasteiger partial charge on any atom is -0.356 e. The normalized spacial score (nSPS) is 28.9. The van der Waals surface area contributed by atoms with Crippen LogP contribution in [0.1, 0.15) is 12.8 Å². The van der Waals surface area contributed by atoms with Crippen molar-refractivity contribution < 1.29 is 4.79 Å². The largest absolute Gasteiger partial charge is 0.356 e. The van der Waals surface area contributed by atoms with Crippen molar-refractivity contribution >= 4 is 17.7 Å². The van der Waals surface area contributed by atoms with E-state index in [0.29, 0.717) is 18.3 Å². The van der Waals surface area contributed by atoms with Crippen LogP contribution in [0.5, 0.6) is 0 Å². The van der Waals surface area contributed by atoms with Crippen molar-refractivity contribution in [3.8, 4) is 0 Å². The lowest BCUT2D eigenvalue weighted by Crippen LogP contribution is -2.37. The van der Waals surface area contributed by atoms with Crippen molar-refractivity contribution in [3.05, 3.63) is 23.0 Å². The molecule has 2 aliphatic rings. The number of carbonyl (C=O) groups excluding carboxylic acids is 1. The van der Waals surface area contributed by atoms with Crippen LogP contribution >= 0.6 is 11.8 Å². The summed E-state index contributed by atoms with van der Waals surface area (Å²) >= 11 is 1.71. The van der Waals surface area contributed by atoms with Crippen LogP contribution in [0.4, 0.5) is 0 Å². The Balaban J connectivity index is 1.93. The highest BCUT2D eigenvalue weighted by Crippen LogP contribution is 2.27. The van der Waals surface area contributed by atoms with Crippen molar-refractivity contribution in [1.82, 2.24) is 5.32 Å². The van der Waals surface area contributed by atoms with E-state index in [-0.39, 0.29) is 5.91 Å². The van der Waals surface area contributed by atoms with Gasteiger partial charge in [-0.25, -0.2) is 0 Å². The lowest BCUT2D eigenvalue weighted by atomic mass is 9.86. The van der Waals surface area contributed by atoms with E-state index >= 15 is 0 Å². The third kappa shape index (κ3) is 2.15. The van der Waals surface area contributed by atoms with Crippen molar-refractivity contribution in [2.24, 2.45) is 11.8 Å². The highest BCUT2D eigenvalue weighted by molar-refractivity contribution is 8.04. The van der Waals surface area contributed by atoms with E-state index in [1.165, 1.54) is 0 Å². The molecule has 0 saturated carbocycles. The number of carbonyl (C=O) groups is 1. The highest BCUT2D eigenvalue weighted by atomic mass is 32.2. The van der Waals surface area contributed by atoms with Crippen molar-refractivity contribution in [3.63, 3.8) is 0 Å². The van der Waals surface area contributed by atoms with Crippen molar-refractivity contribution in [1.29, 1.82) is 0 Å². The Hall–Kier alpha value is -0.700. The highest BCUT2D eigenvalue weighted by Gasteiger charge is 2.23. The fraction of sp³-hybridized carbons (Fsp3) is 0.500. The standard InChI is InChI=1S/C10H13NOS/c12-10-2-1-9(7-11-10)8-3-5-13-6-4-8/h3-6,8-9H,1-2,7H2,(H,11,12). The monoisotopic (exact) mass is 195 g/mol. The van der Waals surface area contributed by atoms with E-state index in [1.54, 1.807) is 11.8 Å². The summed E-state index contributed by atoms with van der Waals surface area (Å²) in [6.07, 6.45) is 6.17. The lowest BCUT2D eigenvalue weighted by Gasteiger charge is -2.27. The Labute approximate surface area is 82.5 Å². The minimum atomic E-state index is 0.203. The molecule has 2 nitrogen and oxygen atoms in total. The van der Waals surface area contributed by atoms with Gasteiger partial charge in [-0.2, -0.15) is 0 Å². The summed E-state index contributed by atoms with van der Waals surface area (Å²) < 4.78 is 0. The summed E-state index contributed by atoms with van der Waals surface area (Å²) in [4.78, 5) is 10.9. The van der Waals surface area contributed by atoms with Gasteiger partial charge in [-0.3, -0.25) is 4.79 Å². The molecule has 2 aliphatic heterocycles. The molecule has 0 aromatic rings. The number of nitrogens with one attached hydrogen (secondary N) is 1. The van der Waals surface area contributed by atoms with E-state index in [2.05, 4.69) is 28.3 Å². The summed E-state index contributed by atoms with van der Waals surface area (Å²) in [6, 6.07) is 0. The number of amides is 1. The quantitative estimate of drug-likeness (QED) is 0.692. The molecule has 1 N–H and O–H groups in total. The van der Waals surface area contributed by atoms with Crippen LogP contribution in [-0.4, -0.2) is 12.5 Å². The second kappa shape index (κ2) is 4.01. The molecule has 0 aliphatic carbocycles. The third-order valence-electron chi connectivity index (χ3n) is 2.61. The number of rotatable bonds is 1. The summed E-state index contributed by atoms with van der Waals surface area (Å²) in [5.41, 5.74) is 0. The summed E-state index contributed by atoms with van der Waals surface area (Å²) in [5, 5.41) is 7.17. The summed E-state index contributed by atoms with van der Waals surface area (Å²) in [7, 11) is 0. The number of hydrogen-bond acceptors (Lipinski definition) is 2. The third-order valence-corrected chi connectivity index (χ3v) is 3.24. The number of thioether (sulfide) groups is 1. The molecule has 0 radical (unpaired) electrons. The number of allylic oxidation sites excluding steroid dienone is 2. The molecule has 0 bridgehead atoms. The van der Waals surface area contributed by atoms with Crippen LogP contribution < -0.4 is 5.32 Å². The SMILES string of the molecule is O=C1CCC(C2C=CSC=C2)CN1. The average molecular weight is 195 g/mol. The second-order valence-electron chi connectivity index (χ2n) is 3.47. The predicted octanol–water partition coefficient (Wildman–Crippen LogP) is 1.90. The molecule has 2 rings (SSSR count). The Morgan fingerprint density at radius 2 is 2.15 bits per heavy atom. The van der Waals surface area contributed by atoms with Gasteiger partial charge in [0.1, 0.15) is 0 Å². The van der Waals surface area contributed by atoms with Gasteiger partial charge in [-0.1, -0.05) is 12.2 Å². The Kier molecular flexibility index (Phi) is 2.74. The number of piperidine rings is 1. The van der Waals surface area contributed by atoms with E-state index in [4.69, 9.17) is 0 Å². The average Bonchev–Trinajstić information content (AvgIpc) is 2.20. The molecular weight excluding hydrogens is 182 g/mol. The molecule has 13 heavy (non-hydrogen) atoms. The van der Waals surface area contributed by atoms with Crippen LogP contribution in [0, 0.1) is 11.8 Å². The van der Waals surface area contributed by atoms with Crippen molar-refractivity contribution in [2.75, 3.05) is 6.54 Å². The molecule has 2 heterocycles. The maximum Gasteiger partial charge on any atom is 0.220 e. The molecule has 3 heteroatoms. The molecule has 70 valence electrons. The minimum absolute atomic E-state index is 0.203. The lowest BCUT2D eigenvalue weighted by molar-refractivity contribution is -0.123. The molecule has 1 unspecified atom stereocenters. The Morgan fingerprint density at radius 3 is 2.77 bits per heavy atom. The first-order valence-electron chi connectivity index (χ1n) is 4.62. The van der Waals surface area contributed by atoms with E-state index in [9.17, 15) is 4.79 Å². The van der Waals surface area contributed by atoms with Gasteiger partial charge in [0.05, 0.1) is 0 Å². The van der Waals surface area contributed by atoms with Crippen LogP contribution in [0.3, 0.4) is 0 Å². The van der Waals surface area contributed by atoms with Crippen molar-refractivity contribution in [2.45, 2.75) is 12.8 Å². The first-order valence-corrected chi connectivity index (χ1v) is 5.56. The van der Waals surface area contributed by atoms with Crippen LogP contribution in [0.25, 0.3) is 0 Å². The fourth-order valence-electron chi connectivity index (χ4n) is 1.78. The zero-order chi connectivity index (χ0) is 9.10. The van der Waals surface area contributed by atoms with E-state index in [0.717, 1.165) is 13.0 Å². The molecule has 1 saturated heterocycles. The Bertz CT molecular complexity index is 238. The van der Waals surface area contributed by atoms with Crippen LogP contribution in [-0.2, 0) is 4.79 Å². The number of hydrogen-bond donors (Lipinski definition) is 1. The summed E-state index contributed by atoms with van der Waals surface area (Å²) in [6.45, 7) is 0.836. The second-order valence-corrected chi connectivity index (χ2v) is 4.29. The zero-order valence-corrected chi connectivity index (χ0v) is 8.22. The van der Waals surface area contributed by atoms with E-state index in [1.807, 2.05) is 0 Å². The van der Waals surface area contributed by atoms with Crippen LogP contribution in [0.2, 0.25) is 0 Å². The fourth-order valence-corrected chi connectivity index (χ4v) is 2.41. The molecule has 0 spiro atoms. The van der Waals surface area contributed by atoms with Gasteiger partial charge in [0, 0.05) is 18.9 Å². The molecule has 1 amide bonds. The Morgan fingerprint density at radius 1 is 1.38 bits per heavy atom. The zero-order valence-electron chi connectivity index (χ0n) is 7.40. The van der Waals surface area contributed by atoms with Gasteiger partial charge in [-0.05, 0) is 23.2 Å². The van der Waals surface area contributed by atoms with Crippen LogP contribution in [0.15, 0.2) is 23.0 Å². The van der Waals surface area contributed by atoms with Gasteiger partial charge in [0.15, 0.2) is 0 Å². The molecule has 0 aromatic heterocycles. The smallest absolute Gasteiger partial charge is 0.220 e. The van der Waals surface area contributed by atoms with Gasteiger partial charge in [-0.15, -0.1) is 11.8 Å². The molecule has 1 atom stereocenters. The maximum absolute atomic E-state index is 10.9. The summed E-state index contributed by atoms with van der Waals surface area (Å²) in [5.74, 6) is 1.34. The van der Waals surface area contributed by atoms with E-state index < -0.39 is 0 Å². The van der Waals surface area contributed by atoms with Gasteiger partial charge >= 0.3 is 0 Å². The topological polar surface area (TPSA) is 29.1 Å². The first kappa shape index (κ1) is 8.88. The molecule has 0 aromatic carbocycles. The van der Waals surface area contributed by atoms with Gasteiger partial charge < -0.3 is 5.32 Å². The van der Waals surface area contributed by atoms with Gasteiger partial charge in [0.2, 0.25) is 5.91 Å². The predicted molar refractivity (Wildman–Crippen MR) is 55.1 cm³/mol. The first-order chi connectivity index (χ1) is 6.36. The maximum atomic E-state index is 10.9.